The Morgan fingerprint density at radius 2 is 1.91 bits per heavy atom. The Labute approximate surface area is 132 Å². The third kappa shape index (κ3) is 2.68. The number of halogens is 1. The van der Waals surface area contributed by atoms with Gasteiger partial charge in [0, 0.05) is 37.3 Å². The number of piperazine rings is 1. The van der Waals surface area contributed by atoms with Crippen LogP contribution < -0.4 is 10.3 Å². The van der Waals surface area contributed by atoms with E-state index in [-0.39, 0.29) is 16.6 Å². The molecule has 1 aromatic heterocycles. The molecule has 3 rings (SSSR count). The van der Waals surface area contributed by atoms with E-state index in [9.17, 15) is 14.0 Å². The van der Waals surface area contributed by atoms with E-state index in [0.717, 1.165) is 19.2 Å². The molecular weight excluding hydrogens is 301 g/mol. The van der Waals surface area contributed by atoms with E-state index >= 15 is 0 Å². The molecule has 122 valence electrons. The van der Waals surface area contributed by atoms with E-state index in [1.807, 2.05) is 11.9 Å². The Morgan fingerprint density at radius 3 is 2.52 bits per heavy atom. The number of rotatable bonds is 2. The molecule has 1 saturated heterocycles. The van der Waals surface area contributed by atoms with Crippen LogP contribution in [0.15, 0.2) is 16.9 Å². The van der Waals surface area contributed by atoms with Crippen LogP contribution in [0.4, 0.5) is 10.1 Å². The van der Waals surface area contributed by atoms with Gasteiger partial charge in [0.2, 0.25) is 5.43 Å². The van der Waals surface area contributed by atoms with Gasteiger partial charge in [-0.3, -0.25) is 4.79 Å². The van der Waals surface area contributed by atoms with Crippen molar-refractivity contribution in [2.45, 2.75) is 6.92 Å². The Hall–Kier alpha value is -2.41. The van der Waals surface area contributed by atoms with Crippen LogP contribution in [0.25, 0.3) is 10.9 Å². The smallest absolute Gasteiger partial charge is 0.341 e. The highest BCUT2D eigenvalue weighted by Gasteiger charge is 2.21. The number of carboxylic acids is 1. The number of fused-ring (bicyclic) bond motifs is 1. The molecular formula is C16H18FN3O3. The highest BCUT2D eigenvalue weighted by Crippen LogP contribution is 2.25. The molecule has 2 heterocycles. The Bertz CT molecular complexity index is 839. The standard InChI is InChI=1S/C16H18FN3O3/c1-9-14(16(22)23)15(21)10-7-11(17)13(8-12(10)18-9)20-5-3-19(2)4-6-20/h7-8H,3-6H2,1-2H3,(H,18,21)(H,22,23). The van der Waals surface area contributed by atoms with Crippen LogP contribution in [0, 0.1) is 12.7 Å². The van der Waals surface area contributed by atoms with Crippen molar-refractivity contribution in [3.63, 3.8) is 0 Å². The minimum atomic E-state index is -1.31. The largest absolute Gasteiger partial charge is 0.477 e. The summed E-state index contributed by atoms with van der Waals surface area (Å²) >= 11 is 0. The van der Waals surface area contributed by atoms with Gasteiger partial charge in [0.15, 0.2) is 0 Å². The van der Waals surface area contributed by atoms with Crippen LogP contribution in [0.1, 0.15) is 16.1 Å². The number of nitrogens with one attached hydrogen (secondary N) is 1. The van der Waals surface area contributed by atoms with E-state index in [0.29, 0.717) is 24.3 Å². The zero-order valence-electron chi connectivity index (χ0n) is 13.0. The monoisotopic (exact) mass is 319 g/mol. The van der Waals surface area contributed by atoms with E-state index in [4.69, 9.17) is 5.11 Å². The average Bonchev–Trinajstić information content (AvgIpc) is 2.48. The molecule has 0 aliphatic carbocycles. The SMILES string of the molecule is Cc1[nH]c2cc(N3CCN(C)CC3)c(F)cc2c(=O)c1C(=O)O. The lowest BCUT2D eigenvalue weighted by Crippen LogP contribution is -2.44. The summed E-state index contributed by atoms with van der Waals surface area (Å²) in [5, 5.41) is 9.19. The first-order chi connectivity index (χ1) is 10.9. The number of H-pyrrole nitrogens is 1. The van der Waals surface area contributed by atoms with Gasteiger partial charge in [-0.05, 0) is 26.1 Å². The van der Waals surface area contributed by atoms with Crippen LogP contribution in [-0.2, 0) is 0 Å². The van der Waals surface area contributed by atoms with Gasteiger partial charge in [0.05, 0.1) is 11.2 Å². The fourth-order valence-electron chi connectivity index (χ4n) is 2.97. The number of likely N-dealkylation sites (N-methyl/N-ethyl adjacent to an activating group) is 1. The summed E-state index contributed by atoms with van der Waals surface area (Å²) in [6, 6.07) is 2.73. The Morgan fingerprint density at radius 1 is 1.26 bits per heavy atom. The number of hydrogen-bond donors (Lipinski definition) is 2. The first-order valence-electron chi connectivity index (χ1n) is 7.41. The molecule has 0 amide bonds. The first kappa shape index (κ1) is 15.5. The van der Waals surface area contributed by atoms with Crippen molar-refractivity contribution in [2.24, 2.45) is 0 Å². The van der Waals surface area contributed by atoms with Crippen molar-refractivity contribution >= 4 is 22.6 Å². The van der Waals surface area contributed by atoms with Gasteiger partial charge >= 0.3 is 5.97 Å². The molecule has 0 atom stereocenters. The number of carboxylic acid groups (broad SMARTS) is 1. The number of nitrogens with zero attached hydrogens (tertiary/aromatic N) is 2. The summed E-state index contributed by atoms with van der Waals surface area (Å²) in [5.41, 5.74) is 0.152. The van der Waals surface area contributed by atoms with Crippen molar-refractivity contribution < 1.29 is 14.3 Å². The fraction of sp³-hybridized carbons (Fsp3) is 0.375. The van der Waals surface area contributed by atoms with E-state index in [2.05, 4.69) is 9.88 Å². The van der Waals surface area contributed by atoms with Crippen LogP contribution in [0.5, 0.6) is 0 Å². The average molecular weight is 319 g/mol. The van der Waals surface area contributed by atoms with Crippen molar-refractivity contribution in [1.29, 1.82) is 0 Å². The van der Waals surface area contributed by atoms with Crippen molar-refractivity contribution in [1.82, 2.24) is 9.88 Å². The zero-order valence-corrected chi connectivity index (χ0v) is 13.0. The van der Waals surface area contributed by atoms with Crippen LogP contribution >= 0.6 is 0 Å². The molecule has 1 aromatic carbocycles. The minimum absolute atomic E-state index is 0.0587. The van der Waals surface area contributed by atoms with Crippen LogP contribution in [0.3, 0.4) is 0 Å². The molecule has 0 spiro atoms. The van der Waals surface area contributed by atoms with Gasteiger partial charge in [-0.25, -0.2) is 9.18 Å². The first-order valence-corrected chi connectivity index (χ1v) is 7.41. The molecule has 1 aliphatic rings. The molecule has 1 fully saturated rings. The predicted octanol–water partition coefficient (Wildman–Crippen LogP) is 1.43. The quantitative estimate of drug-likeness (QED) is 0.875. The van der Waals surface area contributed by atoms with Crippen molar-refractivity contribution in [2.75, 3.05) is 38.1 Å². The molecule has 0 saturated carbocycles. The summed E-state index contributed by atoms with van der Waals surface area (Å²) in [6.45, 7) is 4.61. The van der Waals surface area contributed by atoms with Gasteiger partial charge in [-0.1, -0.05) is 0 Å². The summed E-state index contributed by atoms with van der Waals surface area (Å²) in [5.74, 6) is -1.82. The second-order valence-electron chi connectivity index (χ2n) is 5.90. The van der Waals surface area contributed by atoms with Crippen molar-refractivity contribution in [3.05, 3.63) is 39.4 Å². The van der Waals surface area contributed by atoms with Gasteiger partial charge < -0.3 is 19.9 Å². The molecule has 2 N–H and O–H groups in total. The number of aromatic carboxylic acids is 1. The molecule has 0 radical (unpaired) electrons. The van der Waals surface area contributed by atoms with Gasteiger partial charge in [-0.15, -0.1) is 0 Å². The number of hydrogen-bond acceptors (Lipinski definition) is 4. The number of aryl methyl sites for hydroxylation is 1. The minimum Gasteiger partial charge on any atom is -0.477 e. The lowest BCUT2D eigenvalue weighted by atomic mass is 10.1. The number of pyridine rings is 1. The maximum Gasteiger partial charge on any atom is 0.341 e. The van der Waals surface area contributed by atoms with Crippen LogP contribution in [-0.4, -0.2) is 54.2 Å². The third-order valence-electron chi connectivity index (χ3n) is 4.31. The molecule has 6 nitrogen and oxygen atoms in total. The molecule has 1 aliphatic heterocycles. The maximum absolute atomic E-state index is 14.5. The lowest BCUT2D eigenvalue weighted by Gasteiger charge is -2.34. The zero-order chi connectivity index (χ0) is 16.7. The Balaban J connectivity index is 2.14. The van der Waals surface area contributed by atoms with Crippen LogP contribution in [0.2, 0.25) is 0 Å². The second kappa shape index (κ2) is 5.66. The number of anilines is 1. The number of benzene rings is 1. The van der Waals surface area contributed by atoms with E-state index < -0.39 is 17.2 Å². The summed E-state index contributed by atoms with van der Waals surface area (Å²) in [4.78, 5) is 30.5. The molecule has 23 heavy (non-hydrogen) atoms. The summed E-state index contributed by atoms with van der Waals surface area (Å²) < 4.78 is 14.5. The highest BCUT2D eigenvalue weighted by molar-refractivity contribution is 5.94. The Kier molecular flexibility index (Phi) is 3.81. The normalized spacial score (nSPS) is 16.0. The molecule has 0 unspecified atom stereocenters. The summed E-state index contributed by atoms with van der Waals surface area (Å²) in [7, 11) is 2.02. The summed E-state index contributed by atoms with van der Waals surface area (Å²) in [6.07, 6.45) is 0. The molecule has 2 aromatic rings. The second-order valence-corrected chi connectivity index (χ2v) is 5.90. The van der Waals surface area contributed by atoms with E-state index in [1.54, 1.807) is 6.07 Å². The van der Waals surface area contributed by atoms with Crippen molar-refractivity contribution in [3.8, 4) is 0 Å². The predicted molar refractivity (Wildman–Crippen MR) is 85.9 cm³/mol. The van der Waals surface area contributed by atoms with Gasteiger partial charge in [0.1, 0.15) is 11.4 Å². The maximum atomic E-state index is 14.5. The number of carbonyl (C=O) groups is 1. The lowest BCUT2D eigenvalue weighted by molar-refractivity contribution is 0.0694. The van der Waals surface area contributed by atoms with Gasteiger partial charge in [-0.2, -0.15) is 0 Å². The fourth-order valence-corrected chi connectivity index (χ4v) is 2.97. The van der Waals surface area contributed by atoms with Gasteiger partial charge in [0.25, 0.3) is 0 Å². The number of aromatic amines is 1. The third-order valence-corrected chi connectivity index (χ3v) is 4.31. The molecule has 7 heteroatoms. The number of aromatic nitrogens is 1. The molecule has 0 bridgehead atoms. The van der Waals surface area contributed by atoms with E-state index in [1.165, 1.54) is 6.92 Å². The highest BCUT2D eigenvalue weighted by atomic mass is 19.1. The topological polar surface area (TPSA) is 76.6 Å².